The van der Waals surface area contributed by atoms with E-state index in [-0.39, 0.29) is 0 Å². The zero-order valence-electron chi connectivity index (χ0n) is 13.9. The van der Waals surface area contributed by atoms with E-state index in [1.807, 2.05) is 12.1 Å². The first kappa shape index (κ1) is 16.2. The normalized spacial score (nSPS) is 20.0. The van der Waals surface area contributed by atoms with Crippen LogP contribution in [-0.4, -0.2) is 49.6 Å². The van der Waals surface area contributed by atoms with Gasteiger partial charge >= 0.3 is 0 Å². The second kappa shape index (κ2) is 8.29. The number of piperazine rings is 1. The Morgan fingerprint density at radius 2 is 2.00 bits per heavy atom. The Bertz CT molecular complexity index is 555. The van der Waals surface area contributed by atoms with Crippen LogP contribution >= 0.6 is 0 Å². The lowest BCUT2D eigenvalue weighted by Gasteiger charge is -2.40. The predicted molar refractivity (Wildman–Crippen MR) is 93.3 cm³/mol. The van der Waals surface area contributed by atoms with Gasteiger partial charge in [0.15, 0.2) is 0 Å². The van der Waals surface area contributed by atoms with Crippen LogP contribution in [0.2, 0.25) is 0 Å². The molecule has 1 unspecified atom stereocenters. The Kier molecular flexibility index (Phi) is 5.86. The standard InChI is InChI=1S/C19H27N3O/c1-21-12-13-22(19(16-21)17-7-3-2-4-8-17)11-6-10-20-15-18-9-5-14-23-18/h2-5,7-9,14,19-20H,6,10-13,15-16H2,1H3. The third-order valence-corrected chi connectivity index (χ3v) is 4.56. The van der Waals surface area contributed by atoms with E-state index in [1.54, 1.807) is 6.26 Å². The molecule has 2 aromatic rings. The second-order valence-electron chi connectivity index (χ2n) is 6.33. The summed E-state index contributed by atoms with van der Waals surface area (Å²) in [6, 6.07) is 15.4. The minimum absolute atomic E-state index is 0.514. The van der Waals surface area contributed by atoms with E-state index >= 15 is 0 Å². The Balaban J connectivity index is 1.47. The number of benzene rings is 1. The molecule has 1 N–H and O–H groups in total. The van der Waals surface area contributed by atoms with Gasteiger partial charge in [0.2, 0.25) is 0 Å². The molecule has 1 aromatic heterocycles. The Morgan fingerprint density at radius 1 is 1.13 bits per heavy atom. The van der Waals surface area contributed by atoms with Crippen molar-refractivity contribution in [2.45, 2.75) is 19.0 Å². The molecule has 4 nitrogen and oxygen atoms in total. The van der Waals surface area contributed by atoms with Gasteiger partial charge in [-0.05, 0) is 37.7 Å². The lowest BCUT2D eigenvalue weighted by molar-refractivity contribution is 0.0888. The first-order valence-corrected chi connectivity index (χ1v) is 8.53. The molecule has 0 amide bonds. The minimum atomic E-state index is 0.514. The van der Waals surface area contributed by atoms with Crippen LogP contribution in [0.4, 0.5) is 0 Å². The van der Waals surface area contributed by atoms with Crippen molar-refractivity contribution in [3.05, 3.63) is 60.1 Å². The minimum Gasteiger partial charge on any atom is -0.468 e. The van der Waals surface area contributed by atoms with E-state index in [1.165, 1.54) is 5.56 Å². The largest absolute Gasteiger partial charge is 0.468 e. The van der Waals surface area contributed by atoms with Crippen molar-refractivity contribution in [2.24, 2.45) is 0 Å². The maximum atomic E-state index is 5.34. The summed E-state index contributed by atoms with van der Waals surface area (Å²) < 4.78 is 5.34. The maximum Gasteiger partial charge on any atom is 0.117 e. The number of nitrogens with zero attached hydrogens (tertiary/aromatic N) is 2. The highest BCUT2D eigenvalue weighted by molar-refractivity contribution is 5.20. The average Bonchev–Trinajstić information content (AvgIpc) is 3.10. The zero-order chi connectivity index (χ0) is 15.9. The van der Waals surface area contributed by atoms with Crippen molar-refractivity contribution >= 4 is 0 Å². The monoisotopic (exact) mass is 313 g/mol. The molecule has 1 aliphatic heterocycles. The Hall–Kier alpha value is -1.62. The molecule has 1 saturated heterocycles. The second-order valence-corrected chi connectivity index (χ2v) is 6.33. The van der Waals surface area contributed by atoms with Gasteiger partial charge in [-0.3, -0.25) is 4.90 Å². The molecule has 3 rings (SSSR count). The summed E-state index contributed by atoms with van der Waals surface area (Å²) in [5, 5.41) is 3.46. The van der Waals surface area contributed by atoms with Crippen LogP contribution in [-0.2, 0) is 6.54 Å². The highest BCUT2D eigenvalue weighted by atomic mass is 16.3. The lowest BCUT2D eigenvalue weighted by Crippen LogP contribution is -2.47. The van der Waals surface area contributed by atoms with Gasteiger partial charge in [0.25, 0.3) is 0 Å². The summed E-state index contributed by atoms with van der Waals surface area (Å²) in [7, 11) is 2.22. The quantitative estimate of drug-likeness (QED) is 0.797. The Morgan fingerprint density at radius 3 is 2.78 bits per heavy atom. The third kappa shape index (κ3) is 4.67. The van der Waals surface area contributed by atoms with E-state index in [0.717, 1.165) is 51.4 Å². The number of furan rings is 1. The molecule has 23 heavy (non-hydrogen) atoms. The first-order valence-electron chi connectivity index (χ1n) is 8.53. The van der Waals surface area contributed by atoms with Crippen molar-refractivity contribution in [1.82, 2.24) is 15.1 Å². The molecular weight excluding hydrogens is 286 g/mol. The summed E-state index contributed by atoms with van der Waals surface area (Å²) in [5.41, 5.74) is 1.43. The average molecular weight is 313 g/mol. The molecule has 0 aliphatic carbocycles. The molecule has 0 saturated carbocycles. The summed E-state index contributed by atoms with van der Waals surface area (Å²) in [6.07, 6.45) is 2.89. The van der Waals surface area contributed by atoms with E-state index < -0.39 is 0 Å². The highest BCUT2D eigenvalue weighted by Gasteiger charge is 2.25. The van der Waals surface area contributed by atoms with Crippen molar-refractivity contribution in [3.63, 3.8) is 0 Å². The van der Waals surface area contributed by atoms with E-state index in [2.05, 4.69) is 52.5 Å². The molecule has 0 spiro atoms. The van der Waals surface area contributed by atoms with E-state index in [9.17, 15) is 0 Å². The van der Waals surface area contributed by atoms with Gasteiger partial charge in [0, 0.05) is 32.2 Å². The Labute approximate surface area is 139 Å². The van der Waals surface area contributed by atoms with Crippen LogP contribution in [0.15, 0.2) is 53.1 Å². The predicted octanol–water partition coefficient (Wildman–Crippen LogP) is 2.75. The molecule has 0 bridgehead atoms. The molecule has 124 valence electrons. The molecule has 1 fully saturated rings. The number of hydrogen-bond donors (Lipinski definition) is 1. The first-order chi connectivity index (χ1) is 11.3. The van der Waals surface area contributed by atoms with Gasteiger partial charge in [-0.1, -0.05) is 30.3 Å². The van der Waals surface area contributed by atoms with Crippen LogP contribution < -0.4 is 5.32 Å². The maximum absolute atomic E-state index is 5.34. The number of likely N-dealkylation sites (N-methyl/N-ethyl adjacent to an activating group) is 1. The smallest absolute Gasteiger partial charge is 0.117 e. The van der Waals surface area contributed by atoms with Gasteiger partial charge in [-0.2, -0.15) is 0 Å². The molecule has 2 heterocycles. The van der Waals surface area contributed by atoms with Gasteiger partial charge in [0.05, 0.1) is 12.8 Å². The molecule has 1 aliphatic rings. The van der Waals surface area contributed by atoms with Crippen molar-refractivity contribution in [2.75, 3.05) is 39.8 Å². The van der Waals surface area contributed by atoms with Crippen LogP contribution in [0.1, 0.15) is 23.8 Å². The fourth-order valence-electron chi connectivity index (χ4n) is 3.25. The van der Waals surface area contributed by atoms with Crippen LogP contribution in [0, 0.1) is 0 Å². The molecule has 0 radical (unpaired) electrons. The van der Waals surface area contributed by atoms with E-state index in [0.29, 0.717) is 6.04 Å². The molecule has 1 atom stereocenters. The van der Waals surface area contributed by atoms with Gasteiger partial charge in [0.1, 0.15) is 5.76 Å². The van der Waals surface area contributed by atoms with Gasteiger partial charge in [-0.15, -0.1) is 0 Å². The van der Waals surface area contributed by atoms with Crippen LogP contribution in [0.25, 0.3) is 0 Å². The van der Waals surface area contributed by atoms with Crippen LogP contribution in [0.5, 0.6) is 0 Å². The molecular formula is C19H27N3O. The third-order valence-electron chi connectivity index (χ3n) is 4.56. The number of hydrogen-bond acceptors (Lipinski definition) is 4. The SMILES string of the molecule is CN1CCN(CCCNCc2ccco2)C(c2ccccc2)C1. The van der Waals surface area contributed by atoms with Crippen molar-refractivity contribution < 1.29 is 4.42 Å². The summed E-state index contributed by atoms with van der Waals surface area (Å²) in [5.74, 6) is 1.01. The van der Waals surface area contributed by atoms with Crippen molar-refractivity contribution in [3.8, 4) is 0 Å². The summed E-state index contributed by atoms with van der Waals surface area (Å²) >= 11 is 0. The van der Waals surface area contributed by atoms with Gasteiger partial charge in [-0.25, -0.2) is 0 Å². The fraction of sp³-hybridized carbons (Fsp3) is 0.474. The number of nitrogens with one attached hydrogen (secondary N) is 1. The molecule has 1 aromatic carbocycles. The number of rotatable bonds is 7. The topological polar surface area (TPSA) is 31.6 Å². The lowest BCUT2D eigenvalue weighted by atomic mass is 10.0. The van der Waals surface area contributed by atoms with Gasteiger partial charge < -0.3 is 14.6 Å². The van der Waals surface area contributed by atoms with Crippen LogP contribution in [0.3, 0.4) is 0 Å². The van der Waals surface area contributed by atoms with Crippen molar-refractivity contribution in [1.29, 1.82) is 0 Å². The summed E-state index contributed by atoms with van der Waals surface area (Å²) in [4.78, 5) is 5.06. The van der Waals surface area contributed by atoms with E-state index in [4.69, 9.17) is 4.42 Å². The summed E-state index contributed by atoms with van der Waals surface area (Å²) in [6.45, 7) is 6.40. The fourth-order valence-corrected chi connectivity index (χ4v) is 3.25. The highest BCUT2D eigenvalue weighted by Crippen LogP contribution is 2.24. The zero-order valence-corrected chi connectivity index (χ0v) is 13.9. The molecule has 4 heteroatoms.